The molecule has 1 heterocycles. The van der Waals surface area contributed by atoms with Gasteiger partial charge in [-0.2, -0.15) is 0 Å². The van der Waals surface area contributed by atoms with Crippen molar-refractivity contribution in [3.63, 3.8) is 0 Å². The Morgan fingerprint density at radius 3 is 2.74 bits per heavy atom. The molecule has 0 spiro atoms. The average Bonchev–Trinajstić information content (AvgIpc) is 3.14. The van der Waals surface area contributed by atoms with Crippen molar-refractivity contribution in [2.45, 2.75) is 33.1 Å². The zero-order chi connectivity index (χ0) is 14.0. The van der Waals surface area contributed by atoms with Gasteiger partial charge in [-0.3, -0.25) is 9.59 Å². The summed E-state index contributed by atoms with van der Waals surface area (Å²) in [5, 5.41) is 3.68. The van der Waals surface area contributed by atoms with E-state index in [1.54, 1.807) is 4.90 Å². The molecule has 1 aliphatic carbocycles. The minimum Gasteiger partial charge on any atom is -0.341 e. The summed E-state index contributed by atoms with van der Waals surface area (Å²) in [6, 6.07) is 1.89. The molecule has 0 atom stereocenters. The van der Waals surface area contributed by atoms with Gasteiger partial charge >= 0.3 is 0 Å². The van der Waals surface area contributed by atoms with E-state index in [1.165, 1.54) is 11.3 Å². The normalized spacial score (nSPS) is 14.3. The highest BCUT2D eigenvalue weighted by Crippen LogP contribution is 2.33. The molecule has 1 fully saturated rings. The minimum atomic E-state index is 0.0382. The van der Waals surface area contributed by atoms with Gasteiger partial charge in [0.1, 0.15) is 0 Å². The highest BCUT2D eigenvalue weighted by Gasteiger charge is 2.30. The molecular formula is C14H20N2O2S. The summed E-state index contributed by atoms with van der Waals surface area (Å²) in [7, 11) is 1.81. The molecule has 0 unspecified atom stereocenters. The number of amides is 2. The summed E-state index contributed by atoms with van der Waals surface area (Å²) in [6.45, 7) is 4.71. The fourth-order valence-corrected chi connectivity index (χ4v) is 3.01. The van der Waals surface area contributed by atoms with E-state index in [9.17, 15) is 9.59 Å². The van der Waals surface area contributed by atoms with E-state index in [1.807, 2.05) is 27.0 Å². The van der Waals surface area contributed by atoms with E-state index in [0.29, 0.717) is 0 Å². The first-order chi connectivity index (χ1) is 9.02. The van der Waals surface area contributed by atoms with Crippen LogP contribution in [0.1, 0.15) is 41.4 Å². The lowest BCUT2D eigenvalue weighted by Gasteiger charge is -2.15. The maximum Gasteiger partial charge on any atom is 0.264 e. The number of aryl methyl sites for hydroxylation is 1. The number of hydrogen-bond donors (Lipinski definition) is 1. The molecule has 19 heavy (non-hydrogen) atoms. The summed E-state index contributed by atoms with van der Waals surface area (Å²) >= 11 is 1.37. The quantitative estimate of drug-likeness (QED) is 0.901. The third-order valence-electron chi connectivity index (χ3n) is 3.21. The predicted molar refractivity (Wildman–Crippen MR) is 77.7 cm³/mol. The number of anilines is 1. The van der Waals surface area contributed by atoms with Crippen LogP contribution in [0.25, 0.3) is 0 Å². The number of rotatable bonds is 5. The molecule has 0 saturated heterocycles. The van der Waals surface area contributed by atoms with Gasteiger partial charge in [0.15, 0.2) is 0 Å². The molecule has 1 aromatic rings. The first kappa shape index (κ1) is 14.1. The van der Waals surface area contributed by atoms with Crippen LogP contribution >= 0.6 is 11.3 Å². The second-order valence-electron chi connectivity index (χ2n) is 5.11. The number of carbonyl (C=O) groups excluding carboxylic acids is 2. The molecule has 5 heteroatoms. The Hall–Kier alpha value is -1.36. The third-order valence-corrected chi connectivity index (χ3v) is 4.35. The molecule has 104 valence electrons. The van der Waals surface area contributed by atoms with Crippen molar-refractivity contribution in [1.29, 1.82) is 0 Å². The van der Waals surface area contributed by atoms with Gasteiger partial charge in [-0.15, -0.1) is 11.3 Å². The molecule has 0 radical (unpaired) electrons. The van der Waals surface area contributed by atoms with Crippen molar-refractivity contribution < 1.29 is 9.59 Å². The Morgan fingerprint density at radius 2 is 2.16 bits per heavy atom. The monoisotopic (exact) mass is 280 g/mol. The van der Waals surface area contributed by atoms with E-state index < -0.39 is 0 Å². The fourth-order valence-electron chi connectivity index (χ4n) is 1.94. The summed E-state index contributed by atoms with van der Waals surface area (Å²) in [5.74, 6) is 0.308. The molecular weight excluding hydrogens is 260 g/mol. The first-order valence-corrected chi connectivity index (χ1v) is 7.51. The average molecular weight is 280 g/mol. The maximum atomic E-state index is 12.2. The van der Waals surface area contributed by atoms with Crippen LogP contribution in [0.15, 0.2) is 6.07 Å². The topological polar surface area (TPSA) is 49.4 Å². The van der Waals surface area contributed by atoms with E-state index in [2.05, 4.69) is 5.32 Å². The molecule has 0 bridgehead atoms. The van der Waals surface area contributed by atoms with Gasteiger partial charge in [-0.25, -0.2) is 0 Å². The lowest BCUT2D eigenvalue weighted by atomic mass is 10.2. The Labute approximate surface area is 117 Å². The third kappa shape index (κ3) is 3.35. The number of nitrogens with zero attached hydrogens (tertiary/aromatic N) is 1. The van der Waals surface area contributed by atoms with Gasteiger partial charge in [-0.1, -0.05) is 6.92 Å². The van der Waals surface area contributed by atoms with Crippen molar-refractivity contribution in [1.82, 2.24) is 4.90 Å². The summed E-state index contributed by atoms with van der Waals surface area (Å²) in [5.41, 5.74) is 0.934. The zero-order valence-electron chi connectivity index (χ0n) is 11.7. The molecule has 2 rings (SSSR count). The van der Waals surface area contributed by atoms with Crippen LogP contribution in [0.5, 0.6) is 0 Å². The van der Waals surface area contributed by atoms with E-state index >= 15 is 0 Å². The summed E-state index contributed by atoms with van der Waals surface area (Å²) in [6.07, 6.45) is 2.92. The Bertz CT molecular complexity index is 492. The van der Waals surface area contributed by atoms with Gasteiger partial charge in [-0.05, 0) is 37.8 Å². The van der Waals surface area contributed by atoms with Gasteiger partial charge in [0, 0.05) is 19.5 Å². The van der Waals surface area contributed by atoms with E-state index in [0.717, 1.165) is 41.2 Å². The molecule has 0 aliphatic heterocycles. The van der Waals surface area contributed by atoms with Gasteiger partial charge in [0.05, 0.1) is 9.88 Å². The lowest BCUT2D eigenvalue weighted by molar-refractivity contribution is -0.117. The molecule has 1 aliphatic rings. The zero-order valence-corrected chi connectivity index (χ0v) is 12.5. The second-order valence-corrected chi connectivity index (χ2v) is 6.17. The minimum absolute atomic E-state index is 0.0382. The Morgan fingerprint density at radius 1 is 1.47 bits per heavy atom. The smallest absolute Gasteiger partial charge is 0.264 e. The van der Waals surface area contributed by atoms with Crippen LogP contribution in [0.3, 0.4) is 0 Å². The van der Waals surface area contributed by atoms with Crippen molar-refractivity contribution >= 4 is 28.2 Å². The number of hydrogen-bond acceptors (Lipinski definition) is 3. The molecule has 0 aromatic carbocycles. The largest absolute Gasteiger partial charge is 0.341 e. The van der Waals surface area contributed by atoms with E-state index in [-0.39, 0.29) is 17.7 Å². The number of nitrogens with one attached hydrogen (secondary N) is 1. The van der Waals surface area contributed by atoms with Gasteiger partial charge in [0.25, 0.3) is 5.91 Å². The predicted octanol–water partition coefficient (Wildman–Crippen LogP) is 2.89. The maximum absolute atomic E-state index is 12.2. The molecule has 1 saturated carbocycles. The Balaban J connectivity index is 2.07. The number of thiophene rings is 1. The molecule has 4 nitrogen and oxygen atoms in total. The van der Waals surface area contributed by atoms with Crippen LogP contribution in [-0.4, -0.2) is 30.3 Å². The van der Waals surface area contributed by atoms with Crippen LogP contribution in [0.4, 0.5) is 5.00 Å². The van der Waals surface area contributed by atoms with Crippen LogP contribution < -0.4 is 5.32 Å². The van der Waals surface area contributed by atoms with E-state index in [4.69, 9.17) is 0 Å². The standard InChI is InChI=1S/C14H20N2O2S/c1-4-7-16(3)14(18)12-9(2)8-11(19-12)15-13(17)10-5-6-10/h8,10H,4-7H2,1-3H3,(H,15,17). The van der Waals surface area contributed by atoms with Crippen LogP contribution in [-0.2, 0) is 4.79 Å². The van der Waals surface area contributed by atoms with Crippen LogP contribution in [0, 0.1) is 12.8 Å². The van der Waals surface area contributed by atoms with Crippen molar-refractivity contribution in [3.05, 3.63) is 16.5 Å². The SMILES string of the molecule is CCCN(C)C(=O)c1sc(NC(=O)C2CC2)cc1C. The molecule has 2 amide bonds. The van der Waals surface area contributed by atoms with Crippen LogP contribution in [0.2, 0.25) is 0 Å². The van der Waals surface area contributed by atoms with Gasteiger partial charge in [0.2, 0.25) is 5.91 Å². The molecule has 1 aromatic heterocycles. The second kappa shape index (κ2) is 5.74. The summed E-state index contributed by atoms with van der Waals surface area (Å²) in [4.78, 5) is 26.4. The molecule has 1 N–H and O–H groups in total. The fraction of sp³-hybridized carbons (Fsp3) is 0.571. The first-order valence-electron chi connectivity index (χ1n) is 6.69. The summed E-state index contributed by atoms with van der Waals surface area (Å²) < 4.78 is 0. The Kier molecular flexibility index (Phi) is 4.24. The van der Waals surface area contributed by atoms with Crippen molar-refractivity contribution in [3.8, 4) is 0 Å². The number of carbonyl (C=O) groups is 2. The van der Waals surface area contributed by atoms with Crippen molar-refractivity contribution in [2.24, 2.45) is 5.92 Å². The highest BCUT2D eigenvalue weighted by molar-refractivity contribution is 7.18. The lowest BCUT2D eigenvalue weighted by Crippen LogP contribution is -2.27. The van der Waals surface area contributed by atoms with Crippen molar-refractivity contribution in [2.75, 3.05) is 18.9 Å². The van der Waals surface area contributed by atoms with Gasteiger partial charge < -0.3 is 10.2 Å². The highest BCUT2D eigenvalue weighted by atomic mass is 32.1.